The van der Waals surface area contributed by atoms with Crippen LogP contribution in [-0.4, -0.2) is 23.4 Å². The number of amides is 1. The van der Waals surface area contributed by atoms with E-state index in [4.69, 9.17) is 5.73 Å². The van der Waals surface area contributed by atoms with Crippen LogP contribution in [0.4, 0.5) is 0 Å². The van der Waals surface area contributed by atoms with Crippen LogP contribution in [0, 0.1) is 12.8 Å². The van der Waals surface area contributed by atoms with Gasteiger partial charge in [0, 0.05) is 13.1 Å². The van der Waals surface area contributed by atoms with Gasteiger partial charge in [0.1, 0.15) is 0 Å². The summed E-state index contributed by atoms with van der Waals surface area (Å²) in [4.78, 5) is 14.2. The smallest absolute Gasteiger partial charge is 0.240 e. The van der Waals surface area contributed by atoms with Crippen LogP contribution in [0.25, 0.3) is 0 Å². The fourth-order valence-corrected chi connectivity index (χ4v) is 1.95. The number of rotatable bonds is 6. The summed E-state index contributed by atoms with van der Waals surface area (Å²) >= 11 is 0. The van der Waals surface area contributed by atoms with E-state index in [1.54, 1.807) is 0 Å². The molecule has 0 heterocycles. The van der Waals surface area contributed by atoms with Crippen molar-refractivity contribution >= 4 is 5.91 Å². The molecule has 19 heavy (non-hydrogen) atoms. The van der Waals surface area contributed by atoms with Crippen LogP contribution in [0.1, 0.15) is 38.3 Å². The van der Waals surface area contributed by atoms with E-state index in [0.29, 0.717) is 6.54 Å². The molecule has 0 radical (unpaired) electrons. The molecule has 0 aliphatic carbocycles. The molecule has 0 aliphatic heterocycles. The van der Waals surface area contributed by atoms with Crippen LogP contribution >= 0.6 is 0 Å². The highest BCUT2D eigenvalue weighted by molar-refractivity contribution is 5.81. The Bertz CT molecular complexity index is 398. The van der Waals surface area contributed by atoms with Crippen molar-refractivity contribution in [3.63, 3.8) is 0 Å². The molecule has 3 heteroatoms. The zero-order chi connectivity index (χ0) is 14.4. The minimum absolute atomic E-state index is 0.0532. The van der Waals surface area contributed by atoms with Crippen LogP contribution in [0.3, 0.4) is 0 Å². The molecule has 0 fully saturated rings. The lowest BCUT2D eigenvalue weighted by atomic mass is 10.0. The fourth-order valence-electron chi connectivity index (χ4n) is 1.95. The molecule has 3 nitrogen and oxygen atoms in total. The third kappa shape index (κ3) is 4.67. The number of carbonyl (C=O) groups excluding carboxylic acids is 1. The molecule has 1 aromatic rings. The number of nitrogens with two attached hydrogens (primary N) is 1. The molecule has 0 unspecified atom stereocenters. The van der Waals surface area contributed by atoms with E-state index < -0.39 is 6.04 Å². The highest BCUT2D eigenvalue weighted by Crippen LogP contribution is 2.11. The SMILES string of the molecule is CCCN(Cc1ccc(C)cc1)C(=O)[C@@H](N)C(C)C. The van der Waals surface area contributed by atoms with Gasteiger partial charge in [0.05, 0.1) is 6.04 Å². The van der Waals surface area contributed by atoms with E-state index in [0.717, 1.165) is 18.5 Å². The van der Waals surface area contributed by atoms with Crippen LogP contribution in [-0.2, 0) is 11.3 Å². The van der Waals surface area contributed by atoms with Gasteiger partial charge in [-0.05, 0) is 24.8 Å². The van der Waals surface area contributed by atoms with Gasteiger partial charge in [-0.15, -0.1) is 0 Å². The van der Waals surface area contributed by atoms with Gasteiger partial charge in [0.2, 0.25) is 5.91 Å². The second-order valence-electron chi connectivity index (χ2n) is 5.52. The van der Waals surface area contributed by atoms with Gasteiger partial charge < -0.3 is 10.6 Å². The number of aryl methyl sites for hydroxylation is 1. The topological polar surface area (TPSA) is 46.3 Å². The first kappa shape index (κ1) is 15.7. The Morgan fingerprint density at radius 3 is 2.32 bits per heavy atom. The molecule has 0 saturated heterocycles. The molecule has 0 saturated carbocycles. The van der Waals surface area contributed by atoms with Gasteiger partial charge in [0.25, 0.3) is 0 Å². The molecule has 1 amide bonds. The van der Waals surface area contributed by atoms with E-state index in [1.165, 1.54) is 5.56 Å². The Labute approximate surface area is 116 Å². The van der Waals surface area contributed by atoms with E-state index in [9.17, 15) is 4.79 Å². The van der Waals surface area contributed by atoms with E-state index in [-0.39, 0.29) is 11.8 Å². The molecule has 1 rings (SSSR count). The van der Waals surface area contributed by atoms with E-state index >= 15 is 0 Å². The molecule has 1 aromatic carbocycles. The summed E-state index contributed by atoms with van der Waals surface area (Å²) in [6, 6.07) is 7.90. The first-order chi connectivity index (χ1) is 8.95. The lowest BCUT2D eigenvalue weighted by Crippen LogP contribution is -2.46. The van der Waals surface area contributed by atoms with Crippen LogP contribution in [0.5, 0.6) is 0 Å². The Balaban J connectivity index is 2.77. The maximum atomic E-state index is 12.3. The largest absolute Gasteiger partial charge is 0.337 e. The third-order valence-corrected chi connectivity index (χ3v) is 3.30. The molecule has 0 aliphatic rings. The highest BCUT2D eigenvalue weighted by Gasteiger charge is 2.23. The molecule has 0 spiro atoms. The lowest BCUT2D eigenvalue weighted by molar-refractivity contribution is -0.134. The molecule has 0 bridgehead atoms. The van der Waals surface area contributed by atoms with Crippen molar-refractivity contribution in [3.05, 3.63) is 35.4 Å². The quantitative estimate of drug-likeness (QED) is 0.857. The van der Waals surface area contributed by atoms with Crippen molar-refractivity contribution < 1.29 is 4.79 Å². The highest BCUT2D eigenvalue weighted by atomic mass is 16.2. The Morgan fingerprint density at radius 2 is 1.84 bits per heavy atom. The zero-order valence-corrected chi connectivity index (χ0v) is 12.5. The van der Waals surface area contributed by atoms with Gasteiger partial charge >= 0.3 is 0 Å². The molecule has 106 valence electrons. The van der Waals surface area contributed by atoms with E-state index in [2.05, 4.69) is 38.1 Å². The summed E-state index contributed by atoms with van der Waals surface area (Å²) in [5.41, 5.74) is 8.37. The van der Waals surface area contributed by atoms with Crippen molar-refractivity contribution in [3.8, 4) is 0 Å². The molecule has 2 N–H and O–H groups in total. The van der Waals surface area contributed by atoms with Gasteiger partial charge in [-0.2, -0.15) is 0 Å². The summed E-state index contributed by atoms with van der Waals surface area (Å²) in [5.74, 6) is 0.224. The Kier molecular flexibility index (Phi) is 6.03. The van der Waals surface area contributed by atoms with Crippen molar-refractivity contribution in [2.75, 3.05) is 6.54 Å². The average molecular weight is 262 g/mol. The molecular weight excluding hydrogens is 236 g/mol. The fraction of sp³-hybridized carbons (Fsp3) is 0.562. The molecule has 1 atom stereocenters. The number of benzene rings is 1. The summed E-state index contributed by atoms with van der Waals surface area (Å²) in [6.07, 6.45) is 0.947. The van der Waals surface area contributed by atoms with Crippen LogP contribution < -0.4 is 5.73 Å². The first-order valence-corrected chi connectivity index (χ1v) is 7.05. The predicted molar refractivity (Wildman–Crippen MR) is 79.7 cm³/mol. The Hall–Kier alpha value is -1.35. The number of hydrogen-bond donors (Lipinski definition) is 1. The van der Waals surface area contributed by atoms with Gasteiger partial charge in [-0.1, -0.05) is 50.6 Å². The van der Waals surface area contributed by atoms with Crippen LogP contribution in [0.15, 0.2) is 24.3 Å². The second-order valence-corrected chi connectivity index (χ2v) is 5.52. The summed E-state index contributed by atoms with van der Waals surface area (Å²) in [6.45, 7) is 9.52. The average Bonchev–Trinajstić information content (AvgIpc) is 2.39. The summed E-state index contributed by atoms with van der Waals surface area (Å²) in [7, 11) is 0. The summed E-state index contributed by atoms with van der Waals surface area (Å²) in [5, 5.41) is 0. The second kappa shape index (κ2) is 7.29. The number of hydrogen-bond acceptors (Lipinski definition) is 2. The third-order valence-electron chi connectivity index (χ3n) is 3.30. The zero-order valence-electron chi connectivity index (χ0n) is 12.5. The molecular formula is C16H26N2O. The first-order valence-electron chi connectivity index (χ1n) is 7.05. The minimum atomic E-state index is -0.406. The lowest BCUT2D eigenvalue weighted by Gasteiger charge is -2.27. The Morgan fingerprint density at radius 1 is 1.26 bits per heavy atom. The number of carbonyl (C=O) groups is 1. The van der Waals surface area contributed by atoms with Gasteiger partial charge in [-0.25, -0.2) is 0 Å². The monoisotopic (exact) mass is 262 g/mol. The van der Waals surface area contributed by atoms with Crippen molar-refractivity contribution in [2.24, 2.45) is 11.7 Å². The van der Waals surface area contributed by atoms with Gasteiger partial charge in [0.15, 0.2) is 0 Å². The maximum Gasteiger partial charge on any atom is 0.240 e. The normalized spacial score (nSPS) is 12.5. The van der Waals surface area contributed by atoms with Gasteiger partial charge in [-0.3, -0.25) is 4.79 Å². The van der Waals surface area contributed by atoms with Crippen LogP contribution in [0.2, 0.25) is 0 Å². The maximum absolute atomic E-state index is 12.3. The van der Waals surface area contributed by atoms with E-state index in [1.807, 2.05) is 18.7 Å². The number of nitrogens with zero attached hydrogens (tertiary/aromatic N) is 1. The molecule has 0 aromatic heterocycles. The minimum Gasteiger partial charge on any atom is -0.337 e. The summed E-state index contributed by atoms with van der Waals surface area (Å²) < 4.78 is 0. The standard InChI is InChI=1S/C16H26N2O/c1-5-10-18(16(19)15(17)12(2)3)11-14-8-6-13(4)7-9-14/h6-9,12,15H,5,10-11,17H2,1-4H3/t15-/m0/s1. The predicted octanol–water partition coefficient (Wildman–Crippen LogP) is 2.72. The van der Waals surface area contributed by atoms with Crippen molar-refractivity contribution in [1.29, 1.82) is 0 Å². The van der Waals surface area contributed by atoms with Crippen molar-refractivity contribution in [1.82, 2.24) is 4.90 Å². The van der Waals surface area contributed by atoms with Crippen molar-refractivity contribution in [2.45, 2.75) is 46.7 Å².